The Morgan fingerprint density at radius 3 is 2.53 bits per heavy atom. The molecule has 2 amide bonds. The zero-order chi connectivity index (χ0) is 21.0. The lowest BCUT2D eigenvalue weighted by Gasteiger charge is -2.18. The van der Waals surface area contributed by atoms with Gasteiger partial charge in [0.2, 0.25) is 5.95 Å². The summed E-state index contributed by atoms with van der Waals surface area (Å²) in [6.07, 6.45) is 3.81. The highest BCUT2D eigenvalue weighted by molar-refractivity contribution is 6.09. The van der Waals surface area contributed by atoms with Gasteiger partial charge in [-0.15, -0.1) is 0 Å². The number of carbonyl (C=O) groups excluding carboxylic acids is 2. The third-order valence-electron chi connectivity index (χ3n) is 5.33. The van der Waals surface area contributed by atoms with Crippen molar-refractivity contribution in [2.75, 3.05) is 10.2 Å². The van der Waals surface area contributed by atoms with E-state index in [2.05, 4.69) is 15.3 Å². The van der Waals surface area contributed by atoms with Gasteiger partial charge in [-0.25, -0.2) is 18.7 Å². The molecule has 1 fully saturated rings. The van der Waals surface area contributed by atoms with E-state index in [9.17, 15) is 23.5 Å². The van der Waals surface area contributed by atoms with E-state index in [1.54, 1.807) is 16.7 Å². The van der Waals surface area contributed by atoms with Gasteiger partial charge in [0.15, 0.2) is 11.6 Å². The molecule has 1 spiro atoms. The molecule has 5 rings (SSSR count). The number of hydrogen-bond acceptors (Lipinski definition) is 5. The molecule has 0 atom stereocenters. The van der Waals surface area contributed by atoms with Crippen LogP contribution >= 0.6 is 0 Å². The lowest BCUT2D eigenvalue weighted by molar-refractivity contribution is -0.121. The highest BCUT2D eigenvalue weighted by atomic mass is 19.1. The lowest BCUT2D eigenvalue weighted by atomic mass is 10.2. The summed E-state index contributed by atoms with van der Waals surface area (Å²) in [4.78, 5) is 34.1. The van der Waals surface area contributed by atoms with Crippen molar-refractivity contribution in [1.29, 1.82) is 0 Å². The number of nitrogens with one attached hydrogen (secondary N) is 1. The van der Waals surface area contributed by atoms with Gasteiger partial charge in [0, 0.05) is 11.9 Å². The van der Waals surface area contributed by atoms with E-state index >= 15 is 0 Å². The molecule has 10 heteroatoms. The number of aliphatic hydroxyl groups excluding tert-OH is 1. The second-order valence-corrected chi connectivity index (χ2v) is 7.17. The Hall–Kier alpha value is -3.66. The molecule has 0 bridgehead atoms. The number of imidazole rings is 1. The van der Waals surface area contributed by atoms with Crippen LogP contribution in [0, 0.1) is 11.6 Å². The number of aliphatic hydroxyl groups is 1. The second kappa shape index (κ2) is 6.42. The summed E-state index contributed by atoms with van der Waals surface area (Å²) in [6, 6.07) is 6.58. The maximum absolute atomic E-state index is 15.0. The van der Waals surface area contributed by atoms with Gasteiger partial charge < -0.3 is 10.4 Å². The van der Waals surface area contributed by atoms with Gasteiger partial charge in [0.25, 0.3) is 11.8 Å². The highest BCUT2D eigenvalue weighted by Crippen LogP contribution is 2.55. The smallest absolute Gasteiger partial charge is 0.274 e. The van der Waals surface area contributed by atoms with Crippen LogP contribution in [-0.2, 0) is 16.9 Å². The maximum Gasteiger partial charge on any atom is 0.274 e. The molecule has 3 heterocycles. The SMILES string of the molecule is O=C(Nc1cc(F)c(N2C(=O)C3(CC3)n3c(CO)cnc32)c(F)c1)c1ccccn1. The van der Waals surface area contributed by atoms with Crippen molar-refractivity contribution >= 4 is 29.1 Å². The van der Waals surface area contributed by atoms with E-state index in [1.165, 1.54) is 18.5 Å². The molecule has 152 valence electrons. The molecule has 1 aromatic carbocycles. The van der Waals surface area contributed by atoms with Crippen LogP contribution in [0.4, 0.5) is 26.1 Å². The molecular formula is C20H15F2N5O3. The molecule has 3 aromatic rings. The Morgan fingerprint density at radius 2 is 1.93 bits per heavy atom. The van der Waals surface area contributed by atoms with Crippen LogP contribution in [0.15, 0.2) is 42.7 Å². The first kappa shape index (κ1) is 18.4. The van der Waals surface area contributed by atoms with Crippen molar-refractivity contribution in [3.05, 3.63) is 65.7 Å². The van der Waals surface area contributed by atoms with Gasteiger partial charge in [-0.2, -0.15) is 0 Å². The van der Waals surface area contributed by atoms with E-state index in [-0.39, 0.29) is 23.9 Å². The van der Waals surface area contributed by atoms with Crippen LogP contribution in [0.2, 0.25) is 0 Å². The number of nitrogens with zero attached hydrogens (tertiary/aromatic N) is 4. The summed E-state index contributed by atoms with van der Waals surface area (Å²) in [5, 5.41) is 11.9. The first-order chi connectivity index (χ1) is 14.5. The fraction of sp³-hybridized carbons (Fsp3) is 0.200. The van der Waals surface area contributed by atoms with E-state index in [1.807, 2.05) is 0 Å². The van der Waals surface area contributed by atoms with E-state index in [0.717, 1.165) is 17.0 Å². The van der Waals surface area contributed by atoms with Gasteiger partial charge >= 0.3 is 0 Å². The predicted octanol–water partition coefficient (Wildman–Crippen LogP) is 2.47. The van der Waals surface area contributed by atoms with Crippen LogP contribution in [0.1, 0.15) is 29.0 Å². The summed E-state index contributed by atoms with van der Waals surface area (Å²) < 4.78 is 31.5. The lowest BCUT2D eigenvalue weighted by Crippen LogP contribution is -2.31. The summed E-state index contributed by atoms with van der Waals surface area (Å²) in [5.41, 5.74) is -1.15. The third-order valence-corrected chi connectivity index (χ3v) is 5.33. The van der Waals surface area contributed by atoms with Gasteiger partial charge in [0.05, 0.1) is 18.5 Å². The minimum atomic E-state index is -1.03. The van der Waals surface area contributed by atoms with Crippen LogP contribution in [0.25, 0.3) is 0 Å². The number of carbonyl (C=O) groups is 2. The second-order valence-electron chi connectivity index (χ2n) is 7.17. The summed E-state index contributed by atoms with van der Waals surface area (Å²) >= 11 is 0. The van der Waals surface area contributed by atoms with Gasteiger partial charge in [-0.1, -0.05) is 6.07 Å². The monoisotopic (exact) mass is 411 g/mol. The number of anilines is 3. The standard InChI is InChI=1S/C20H15F2N5O3/c21-13-7-11(25-17(29)15-3-1-2-6-23-15)8-14(22)16(13)26-18(30)20(4-5-20)27-12(10-28)9-24-19(26)27/h1-3,6-9,28H,4-5,10H2,(H,25,29). The van der Waals surface area contributed by atoms with Gasteiger partial charge in [0.1, 0.15) is 16.9 Å². The molecule has 2 aliphatic rings. The number of rotatable bonds is 4. The van der Waals surface area contributed by atoms with Crippen molar-refractivity contribution in [2.45, 2.75) is 25.0 Å². The summed E-state index contributed by atoms with van der Waals surface area (Å²) in [6.45, 7) is -0.348. The van der Waals surface area contributed by atoms with Crippen molar-refractivity contribution in [1.82, 2.24) is 14.5 Å². The number of halogens is 2. The average molecular weight is 411 g/mol. The molecule has 0 saturated heterocycles. The predicted molar refractivity (Wildman–Crippen MR) is 101 cm³/mol. The average Bonchev–Trinajstić information content (AvgIpc) is 3.37. The van der Waals surface area contributed by atoms with Crippen molar-refractivity contribution < 1.29 is 23.5 Å². The maximum atomic E-state index is 15.0. The van der Waals surface area contributed by atoms with Gasteiger partial charge in [-0.05, 0) is 37.1 Å². The van der Waals surface area contributed by atoms with E-state index in [4.69, 9.17) is 0 Å². The Bertz CT molecular complexity index is 1170. The van der Waals surface area contributed by atoms with Crippen LogP contribution in [-0.4, -0.2) is 31.5 Å². The fourth-order valence-corrected chi connectivity index (χ4v) is 3.81. The first-order valence-electron chi connectivity index (χ1n) is 9.20. The molecule has 1 aliphatic carbocycles. The third kappa shape index (κ3) is 2.53. The Balaban J connectivity index is 1.52. The zero-order valence-corrected chi connectivity index (χ0v) is 15.5. The highest BCUT2D eigenvalue weighted by Gasteiger charge is 2.61. The van der Waals surface area contributed by atoms with Crippen LogP contribution in [0.3, 0.4) is 0 Å². The number of pyridine rings is 1. The number of fused-ring (bicyclic) bond motifs is 2. The molecule has 1 aliphatic heterocycles. The van der Waals surface area contributed by atoms with Gasteiger partial charge in [-0.3, -0.25) is 19.1 Å². The molecule has 8 nitrogen and oxygen atoms in total. The Labute approximate surface area is 168 Å². The fourth-order valence-electron chi connectivity index (χ4n) is 3.81. The molecule has 2 aromatic heterocycles. The molecule has 0 radical (unpaired) electrons. The minimum absolute atomic E-state index is 0.0598. The van der Waals surface area contributed by atoms with Crippen LogP contribution in [0.5, 0.6) is 0 Å². The number of amides is 2. The Morgan fingerprint density at radius 1 is 1.20 bits per heavy atom. The van der Waals surface area contributed by atoms with Crippen molar-refractivity contribution in [3.8, 4) is 0 Å². The van der Waals surface area contributed by atoms with Crippen molar-refractivity contribution in [2.24, 2.45) is 0 Å². The largest absolute Gasteiger partial charge is 0.390 e. The molecule has 0 unspecified atom stereocenters. The first-order valence-corrected chi connectivity index (χ1v) is 9.20. The normalized spacial score (nSPS) is 16.1. The van der Waals surface area contributed by atoms with E-state index < -0.39 is 34.7 Å². The number of aromatic nitrogens is 3. The van der Waals surface area contributed by atoms with Crippen molar-refractivity contribution in [3.63, 3.8) is 0 Å². The summed E-state index contributed by atoms with van der Waals surface area (Å²) in [7, 11) is 0. The molecule has 1 saturated carbocycles. The zero-order valence-electron chi connectivity index (χ0n) is 15.5. The number of benzene rings is 1. The number of hydrogen-bond donors (Lipinski definition) is 2. The summed E-state index contributed by atoms with van der Waals surface area (Å²) in [5.74, 6) is -3.12. The molecular weight excluding hydrogens is 396 g/mol. The quantitative estimate of drug-likeness (QED) is 0.687. The Kier molecular flexibility index (Phi) is 3.93. The van der Waals surface area contributed by atoms with Crippen LogP contribution < -0.4 is 10.2 Å². The minimum Gasteiger partial charge on any atom is -0.390 e. The topological polar surface area (TPSA) is 100 Å². The van der Waals surface area contributed by atoms with E-state index in [0.29, 0.717) is 18.5 Å². The molecule has 2 N–H and O–H groups in total. The molecule has 30 heavy (non-hydrogen) atoms.